The summed E-state index contributed by atoms with van der Waals surface area (Å²) in [6, 6.07) is 6.73. The summed E-state index contributed by atoms with van der Waals surface area (Å²) in [4.78, 5) is 23.0. The molecule has 0 unspecified atom stereocenters. The van der Waals surface area contributed by atoms with Crippen LogP contribution in [0.5, 0.6) is 11.5 Å². The van der Waals surface area contributed by atoms with Crippen molar-refractivity contribution in [1.82, 2.24) is 0 Å². The van der Waals surface area contributed by atoms with Crippen molar-refractivity contribution in [3.05, 3.63) is 24.3 Å². The van der Waals surface area contributed by atoms with E-state index in [0.717, 1.165) is 25.7 Å². The molecule has 0 spiro atoms. The number of carbonyl (C=O) groups excluding carboxylic acids is 2. The minimum absolute atomic E-state index is 0.0286. The predicted molar refractivity (Wildman–Crippen MR) is 70.0 cm³/mol. The summed E-state index contributed by atoms with van der Waals surface area (Å²) in [6.45, 7) is 1.32. The van der Waals surface area contributed by atoms with Gasteiger partial charge in [0, 0.05) is 6.92 Å². The van der Waals surface area contributed by atoms with Crippen LogP contribution in [0.4, 0.5) is 0 Å². The molecule has 1 fully saturated rings. The molecule has 4 heteroatoms. The zero-order valence-corrected chi connectivity index (χ0v) is 11.1. The Morgan fingerprint density at radius 3 is 2.16 bits per heavy atom. The zero-order valence-electron chi connectivity index (χ0n) is 11.1. The smallest absolute Gasteiger partial charge is 0.314 e. The number of para-hydroxylation sites is 2. The summed E-state index contributed by atoms with van der Waals surface area (Å²) in [6.07, 6.45) is 5.10. The van der Waals surface area contributed by atoms with Crippen LogP contribution in [-0.2, 0) is 9.59 Å². The van der Waals surface area contributed by atoms with Gasteiger partial charge in [-0.1, -0.05) is 31.4 Å². The molecule has 0 saturated heterocycles. The highest BCUT2D eigenvalue weighted by molar-refractivity contribution is 5.77. The van der Waals surface area contributed by atoms with Crippen LogP contribution in [-0.4, -0.2) is 11.9 Å². The van der Waals surface area contributed by atoms with Crippen molar-refractivity contribution >= 4 is 11.9 Å². The Hall–Kier alpha value is -1.84. The molecular weight excluding hydrogens is 244 g/mol. The minimum atomic E-state index is -0.429. The van der Waals surface area contributed by atoms with Gasteiger partial charge in [0.15, 0.2) is 11.5 Å². The molecule has 0 N–H and O–H groups in total. The van der Waals surface area contributed by atoms with E-state index in [1.54, 1.807) is 24.3 Å². The van der Waals surface area contributed by atoms with Gasteiger partial charge in [-0.25, -0.2) is 0 Å². The Bertz CT molecular complexity index is 461. The predicted octanol–water partition coefficient (Wildman–Crippen LogP) is 3.10. The normalized spacial score (nSPS) is 15.8. The largest absolute Gasteiger partial charge is 0.423 e. The van der Waals surface area contributed by atoms with Gasteiger partial charge >= 0.3 is 11.9 Å². The second kappa shape index (κ2) is 6.36. The van der Waals surface area contributed by atoms with Crippen molar-refractivity contribution in [3.63, 3.8) is 0 Å². The highest BCUT2D eigenvalue weighted by atomic mass is 16.6. The first kappa shape index (κ1) is 13.6. The van der Waals surface area contributed by atoms with Crippen LogP contribution in [0, 0.1) is 5.92 Å². The quantitative estimate of drug-likeness (QED) is 0.620. The molecule has 1 aliphatic rings. The van der Waals surface area contributed by atoms with E-state index >= 15 is 0 Å². The molecule has 102 valence electrons. The third-order valence-corrected chi connectivity index (χ3v) is 3.25. The van der Waals surface area contributed by atoms with E-state index in [9.17, 15) is 9.59 Å². The number of benzene rings is 1. The van der Waals surface area contributed by atoms with Crippen LogP contribution in [0.3, 0.4) is 0 Å². The topological polar surface area (TPSA) is 52.6 Å². The Balaban J connectivity index is 2.05. The minimum Gasteiger partial charge on any atom is -0.423 e. The van der Waals surface area contributed by atoms with Crippen molar-refractivity contribution in [2.75, 3.05) is 0 Å². The third kappa shape index (κ3) is 3.81. The number of rotatable bonds is 3. The van der Waals surface area contributed by atoms with E-state index in [-0.39, 0.29) is 11.9 Å². The monoisotopic (exact) mass is 262 g/mol. The first-order chi connectivity index (χ1) is 9.16. The molecule has 0 amide bonds. The van der Waals surface area contributed by atoms with Gasteiger partial charge < -0.3 is 9.47 Å². The van der Waals surface area contributed by atoms with Crippen molar-refractivity contribution < 1.29 is 19.1 Å². The number of ether oxygens (including phenoxy) is 2. The van der Waals surface area contributed by atoms with Crippen molar-refractivity contribution in [2.45, 2.75) is 39.0 Å². The lowest BCUT2D eigenvalue weighted by Gasteiger charge is -2.20. The van der Waals surface area contributed by atoms with E-state index in [1.165, 1.54) is 13.3 Å². The fourth-order valence-electron chi connectivity index (χ4n) is 2.30. The van der Waals surface area contributed by atoms with E-state index in [4.69, 9.17) is 9.47 Å². The average Bonchev–Trinajstić information content (AvgIpc) is 2.41. The summed E-state index contributed by atoms with van der Waals surface area (Å²) in [5, 5.41) is 0. The molecule has 0 radical (unpaired) electrons. The van der Waals surface area contributed by atoms with Gasteiger partial charge in [0.25, 0.3) is 0 Å². The fraction of sp³-hybridized carbons (Fsp3) is 0.467. The van der Waals surface area contributed by atoms with Crippen LogP contribution in [0.2, 0.25) is 0 Å². The highest BCUT2D eigenvalue weighted by Gasteiger charge is 2.24. The van der Waals surface area contributed by atoms with Crippen LogP contribution in [0.15, 0.2) is 24.3 Å². The zero-order chi connectivity index (χ0) is 13.7. The first-order valence-corrected chi connectivity index (χ1v) is 6.66. The van der Waals surface area contributed by atoms with E-state index in [2.05, 4.69) is 0 Å². The molecule has 1 aromatic carbocycles. The molecule has 2 rings (SSSR count). The van der Waals surface area contributed by atoms with Crippen LogP contribution < -0.4 is 9.47 Å². The first-order valence-electron chi connectivity index (χ1n) is 6.66. The number of hydrogen-bond acceptors (Lipinski definition) is 4. The average molecular weight is 262 g/mol. The van der Waals surface area contributed by atoms with Crippen LogP contribution >= 0.6 is 0 Å². The van der Waals surface area contributed by atoms with Crippen molar-refractivity contribution in [3.8, 4) is 11.5 Å². The molecule has 1 saturated carbocycles. The van der Waals surface area contributed by atoms with E-state index < -0.39 is 5.97 Å². The Labute approximate surface area is 112 Å². The molecule has 0 bridgehead atoms. The molecule has 4 nitrogen and oxygen atoms in total. The van der Waals surface area contributed by atoms with Gasteiger partial charge in [-0.15, -0.1) is 0 Å². The molecule has 0 heterocycles. The Kier molecular flexibility index (Phi) is 4.55. The van der Waals surface area contributed by atoms with Gasteiger partial charge in [-0.05, 0) is 25.0 Å². The lowest BCUT2D eigenvalue weighted by Crippen LogP contribution is -2.23. The lowest BCUT2D eigenvalue weighted by atomic mass is 9.89. The summed E-state index contributed by atoms with van der Waals surface area (Å²) < 4.78 is 10.4. The SMILES string of the molecule is CC(=O)Oc1ccccc1OC(=O)C1CCCCC1. The highest BCUT2D eigenvalue weighted by Crippen LogP contribution is 2.30. The van der Waals surface area contributed by atoms with Crippen molar-refractivity contribution in [1.29, 1.82) is 0 Å². The maximum absolute atomic E-state index is 12.0. The molecule has 1 aliphatic carbocycles. The van der Waals surface area contributed by atoms with E-state index in [0.29, 0.717) is 11.5 Å². The molecule has 0 atom stereocenters. The van der Waals surface area contributed by atoms with Crippen LogP contribution in [0.25, 0.3) is 0 Å². The lowest BCUT2D eigenvalue weighted by molar-refractivity contribution is -0.140. The summed E-state index contributed by atoms with van der Waals surface area (Å²) in [5.74, 6) is -0.0768. The van der Waals surface area contributed by atoms with Gasteiger partial charge in [0.2, 0.25) is 0 Å². The number of carbonyl (C=O) groups is 2. The Morgan fingerprint density at radius 1 is 1.00 bits per heavy atom. The molecule has 1 aromatic rings. The van der Waals surface area contributed by atoms with Crippen LogP contribution in [0.1, 0.15) is 39.0 Å². The van der Waals surface area contributed by atoms with Gasteiger partial charge in [-0.2, -0.15) is 0 Å². The summed E-state index contributed by atoms with van der Waals surface area (Å²) in [5.41, 5.74) is 0. The third-order valence-electron chi connectivity index (χ3n) is 3.25. The maximum atomic E-state index is 12.0. The molecular formula is C15H18O4. The second-order valence-corrected chi connectivity index (χ2v) is 4.80. The Morgan fingerprint density at radius 2 is 1.58 bits per heavy atom. The number of hydrogen-bond donors (Lipinski definition) is 0. The van der Waals surface area contributed by atoms with Gasteiger partial charge in [-0.3, -0.25) is 9.59 Å². The fourth-order valence-corrected chi connectivity index (χ4v) is 2.30. The number of esters is 2. The summed E-state index contributed by atoms with van der Waals surface area (Å²) in [7, 11) is 0. The molecule has 0 aliphatic heterocycles. The van der Waals surface area contributed by atoms with Gasteiger partial charge in [0.05, 0.1) is 5.92 Å². The van der Waals surface area contributed by atoms with Gasteiger partial charge in [0.1, 0.15) is 0 Å². The molecule has 0 aromatic heterocycles. The summed E-state index contributed by atoms with van der Waals surface area (Å²) >= 11 is 0. The standard InChI is InChI=1S/C15H18O4/c1-11(16)18-13-9-5-6-10-14(13)19-15(17)12-7-3-2-4-8-12/h5-6,9-10,12H,2-4,7-8H2,1H3. The maximum Gasteiger partial charge on any atom is 0.314 e. The molecule has 19 heavy (non-hydrogen) atoms. The van der Waals surface area contributed by atoms with Crippen molar-refractivity contribution in [2.24, 2.45) is 5.92 Å². The van der Waals surface area contributed by atoms with E-state index in [1.807, 2.05) is 0 Å². The second-order valence-electron chi connectivity index (χ2n) is 4.80.